The Balaban J connectivity index is 1.37. The van der Waals surface area contributed by atoms with Crippen molar-refractivity contribution in [3.05, 3.63) is 59.7 Å². The number of ether oxygens (including phenoxy) is 1. The van der Waals surface area contributed by atoms with Crippen molar-refractivity contribution in [1.82, 2.24) is 9.88 Å². The molecule has 2 aromatic rings. The van der Waals surface area contributed by atoms with Crippen LogP contribution in [0.1, 0.15) is 31.9 Å². The van der Waals surface area contributed by atoms with Crippen LogP contribution in [0.4, 0.5) is 14.9 Å². The molecule has 2 aliphatic heterocycles. The number of anilines is 1. The Morgan fingerprint density at radius 1 is 1.03 bits per heavy atom. The summed E-state index contributed by atoms with van der Waals surface area (Å²) in [5, 5.41) is 0. The number of pyridine rings is 1. The average Bonchev–Trinajstić information content (AvgIpc) is 3.26. The smallest absolute Gasteiger partial charge is 0.410 e. The van der Waals surface area contributed by atoms with Gasteiger partial charge in [-0.05, 0) is 50.1 Å². The molecular formula is C24H28FN3O2. The molecule has 0 aliphatic carbocycles. The molecule has 1 amide bonds. The molecule has 2 aliphatic rings. The molecule has 0 spiro atoms. The third-order valence-corrected chi connectivity index (χ3v) is 5.59. The number of amides is 1. The predicted octanol–water partition coefficient (Wildman–Crippen LogP) is 4.69. The molecule has 3 heterocycles. The van der Waals surface area contributed by atoms with Crippen molar-refractivity contribution in [2.24, 2.45) is 11.8 Å². The number of halogens is 1. The van der Waals surface area contributed by atoms with Crippen LogP contribution < -0.4 is 4.90 Å². The molecule has 2 atom stereocenters. The molecule has 158 valence electrons. The van der Waals surface area contributed by atoms with E-state index in [0.29, 0.717) is 11.8 Å². The van der Waals surface area contributed by atoms with E-state index < -0.39 is 5.60 Å². The minimum Gasteiger partial charge on any atom is -0.444 e. The van der Waals surface area contributed by atoms with E-state index in [-0.39, 0.29) is 11.9 Å². The molecule has 2 fully saturated rings. The lowest BCUT2D eigenvalue weighted by Crippen LogP contribution is -2.37. The van der Waals surface area contributed by atoms with Crippen molar-refractivity contribution in [3.63, 3.8) is 0 Å². The average molecular weight is 410 g/mol. The van der Waals surface area contributed by atoms with Gasteiger partial charge in [-0.1, -0.05) is 24.3 Å². The maximum atomic E-state index is 13.0. The first-order valence-electron chi connectivity index (χ1n) is 10.4. The zero-order valence-electron chi connectivity index (χ0n) is 17.7. The van der Waals surface area contributed by atoms with Crippen molar-refractivity contribution < 1.29 is 13.9 Å². The monoisotopic (exact) mass is 409 g/mol. The Hall–Kier alpha value is -2.89. The van der Waals surface area contributed by atoms with Crippen LogP contribution in [0.15, 0.2) is 42.7 Å². The van der Waals surface area contributed by atoms with Gasteiger partial charge in [0.1, 0.15) is 11.4 Å². The first-order chi connectivity index (χ1) is 14.3. The lowest BCUT2D eigenvalue weighted by molar-refractivity contribution is 0.0282. The van der Waals surface area contributed by atoms with E-state index >= 15 is 0 Å². The first kappa shape index (κ1) is 20.4. The summed E-state index contributed by atoms with van der Waals surface area (Å²) in [7, 11) is 0. The van der Waals surface area contributed by atoms with E-state index in [2.05, 4.69) is 16.0 Å². The van der Waals surface area contributed by atoms with Gasteiger partial charge in [0.05, 0.1) is 11.9 Å². The molecule has 2 unspecified atom stereocenters. The van der Waals surface area contributed by atoms with Crippen molar-refractivity contribution >= 4 is 23.9 Å². The van der Waals surface area contributed by atoms with Gasteiger partial charge in [0.25, 0.3) is 0 Å². The molecule has 5 nitrogen and oxygen atoms in total. The van der Waals surface area contributed by atoms with E-state index in [1.165, 1.54) is 12.1 Å². The number of aromatic nitrogens is 1. The van der Waals surface area contributed by atoms with Gasteiger partial charge in [0.15, 0.2) is 0 Å². The Kier molecular flexibility index (Phi) is 5.50. The summed E-state index contributed by atoms with van der Waals surface area (Å²) in [4.78, 5) is 20.9. The fourth-order valence-corrected chi connectivity index (χ4v) is 4.15. The number of nitrogens with zero attached hydrogens (tertiary/aromatic N) is 3. The standard InChI is InChI=1S/C24H28FN3O2/c1-24(2,3)30-23(29)28-15-19-13-27(14-20(19)16-28)22-10-18(11-26-12-22)5-4-17-6-8-21(25)9-7-17/h4-12,19-20H,13-16H2,1-3H3/b5-4+. The van der Waals surface area contributed by atoms with Crippen molar-refractivity contribution in [2.45, 2.75) is 26.4 Å². The predicted molar refractivity (Wildman–Crippen MR) is 117 cm³/mol. The number of fused-ring (bicyclic) bond motifs is 1. The van der Waals surface area contributed by atoms with Crippen LogP contribution in [0, 0.1) is 17.7 Å². The molecule has 2 saturated heterocycles. The van der Waals surface area contributed by atoms with Crippen LogP contribution in [-0.4, -0.2) is 47.8 Å². The largest absolute Gasteiger partial charge is 0.444 e. The highest BCUT2D eigenvalue weighted by molar-refractivity contribution is 5.71. The number of likely N-dealkylation sites (tertiary alicyclic amines) is 1. The topological polar surface area (TPSA) is 45.7 Å². The molecule has 4 rings (SSSR count). The second-order valence-corrected chi connectivity index (χ2v) is 9.17. The SMILES string of the molecule is CC(C)(C)OC(=O)N1CC2CN(c3cncc(/C=C/c4ccc(F)cc4)c3)CC2C1. The summed E-state index contributed by atoms with van der Waals surface area (Å²) in [5.74, 6) is 0.674. The fraction of sp³-hybridized carbons (Fsp3) is 0.417. The first-order valence-corrected chi connectivity index (χ1v) is 10.4. The Labute approximate surface area is 177 Å². The van der Waals surface area contributed by atoms with Crippen molar-refractivity contribution in [2.75, 3.05) is 31.1 Å². The third-order valence-electron chi connectivity index (χ3n) is 5.59. The van der Waals surface area contributed by atoms with Gasteiger partial charge in [0.2, 0.25) is 0 Å². The lowest BCUT2D eigenvalue weighted by Gasteiger charge is -2.26. The second-order valence-electron chi connectivity index (χ2n) is 9.17. The number of hydrogen-bond donors (Lipinski definition) is 0. The van der Waals surface area contributed by atoms with Gasteiger partial charge < -0.3 is 14.5 Å². The third kappa shape index (κ3) is 4.81. The van der Waals surface area contributed by atoms with E-state index in [1.54, 1.807) is 12.1 Å². The van der Waals surface area contributed by atoms with Crippen LogP contribution in [0.25, 0.3) is 12.2 Å². The highest BCUT2D eigenvalue weighted by Gasteiger charge is 2.42. The van der Waals surface area contributed by atoms with Gasteiger partial charge in [-0.15, -0.1) is 0 Å². The minimum absolute atomic E-state index is 0.210. The van der Waals surface area contributed by atoms with Crippen LogP contribution in [0.3, 0.4) is 0 Å². The summed E-state index contributed by atoms with van der Waals surface area (Å²) < 4.78 is 18.6. The van der Waals surface area contributed by atoms with Crippen LogP contribution in [-0.2, 0) is 4.74 Å². The number of carbonyl (C=O) groups excluding carboxylic acids is 1. The molecule has 6 heteroatoms. The summed E-state index contributed by atoms with van der Waals surface area (Å²) in [6, 6.07) is 8.54. The molecule has 1 aromatic carbocycles. The number of carbonyl (C=O) groups is 1. The minimum atomic E-state index is -0.464. The zero-order chi connectivity index (χ0) is 21.3. The molecule has 0 bridgehead atoms. The van der Waals surface area contributed by atoms with Crippen LogP contribution in [0.5, 0.6) is 0 Å². The molecule has 0 radical (unpaired) electrons. The summed E-state index contributed by atoms with van der Waals surface area (Å²) >= 11 is 0. The Morgan fingerprint density at radius 2 is 1.67 bits per heavy atom. The van der Waals surface area contributed by atoms with Gasteiger partial charge in [-0.25, -0.2) is 9.18 Å². The van der Waals surface area contributed by atoms with Gasteiger partial charge in [-0.2, -0.15) is 0 Å². The van der Waals surface area contributed by atoms with Crippen LogP contribution in [0.2, 0.25) is 0 Å². The fourth-order valence-electron chi connectivity index (χ4n) is 4.15. The zero-order valence-corrected chi connectivity index (χ0v) is 17.7. The molecule has 1 aromatic heterocycles. The Morgan fingerprint density at radius 3 is 2.30 bits per heavy atom. The number of rotatable bonds is 3. The van der Waals surface area contributed by atoms with Crippen LogP contribution >= 0.6 is 0 Å². The van der Waals surface area contributed by atoms with Gasteiger partial charge in [0, 0.05) is 44.2 Å². The van der Waals surface area contributed by atoms with E-state index in [9.17, 15) is 9.18 Å². The molecule has 30 heavy (non-hydrogen) atoms. The van der Waals surface area contributed by atoms with Crippen molar-refractivity contribution in [3.8, 4) is 0 Å². The highest BCUT2D eigenvalue weighted by Crippen LogP contribution is 2.34. The highest BCUT2D eigenvalue weighted by atomic mass is 19.1. The van der Waals surface area contributed by atoms with E-state index in [0.717, 1.165) is 43.0 Å². The van der Waals surface area contributed by atoms with E-state index in [4.69, 9.17) is 4.74 Å². The normalized spacial score (nSPS) is 21.3. The molecule has 0 saturated carbocycles. The Bertz CT molecular complexity index is 922. The number of hydrogen-bond acceptors (Lipinski definition) is 4. The second kappa shape index (κ2) is 8.09. The summed E-state index contributed by atoms with van der Waals surface area (Å²) in [6.45, 7) is 9.00. The van der Waals surface area contributed by atoms with Gasteiger partial charge >= 0.3 is 6.09 Å². The summed E-state index contributed by atoms with van der Waals surface area (Å²) in [6.07, 6.45) is 7.45. The maximum absolute atomic E-state index is 13.0. The maximum Gasteiger partial charge on any atom is 0.410 e. The summed E-state index contributed by atoms with van der Waals surface area (Å²) in [5.41, 5.74) is 2.58. The lowest BCUT2D eigenvalue weighted by atomic mass is 10.0. The molecular weight excluding hydrogens is 381 g/mol. The quantitative estimate of drug-likeness (QED) is 0.738. The van der Waals surface area contributed by atoms with Crippen molar-refractivity contribution in [1.29, 1.82) is 0 Å². The van der Waals surface area contributed by atoms with E-state index in [1.807, 2.05) is 50.2 Å². The molecule has 0 N–H and O–H groups in total. The van der Waals surface area contributed by atoms with Gasteiger partial charge in [-0.3, -0.25) is 4.98 Å². The number of benzene rings is 1.